The van der Waals surface area contributed by atoms with Gasteiger partial charge in [0.25, 0.3) is 5.91 Å². The summed E-state index contributed by atoms with van der Waals surface area (Å²) in [6.07, 6.45) is 7.71. The summed E-state index contributed by atoms with van der Waals surface area (Å²) in [6, 6.07) is 5.93. The van der Waals surface area contributed by atoms with Gasteiger partial charge < -0.3 is 9.80 Å². The molecule has 1 aliphatic heterocycles. The molecule has 3 aromatic heterocycles. The first kappa shape index (κ1) is 18.4. The van der Waals surface area contributed by atoms with E-state index in [0.717, 1.165) is 36.2 Å². The summed E-state index contributed by atoms with van der Waals surface area (Å²) in [5, 5.41) is 0. The Hall–Kier alpha value is -2.93. The van der Waals surface area contributed by atoms with E-state index in [0.29, 0.717) is 24.7 Å². The fourth-order valence-corrected chi connectivity index (χ4v) is 3.77. The second kappa shape index (κ2) is 7.98. The van der Waals surface area contributed by atoms with Crippen molar-refractivity contribution in [2.24, 2.45) is 5.92 Å². The average Bonchev–Trinajstić information content (AvgIpc) is 2.89. The van der Waals surface area contributed by atoms with Crippen LogP contribution in [-0.2, 0) is 6.42 Å². The lowest BCUT2D eigenvalue weighted by atomic mass is 9.98. The van der Waals surface area contributed by atoms with Crippen molar-refractivity contribution in [1.82, 2.24) is 29.7 Å². The highest BCUT2D eigenvalue weighted by molar-refractivity contribution is 5.92. The molecule has 3 aromatic rings. The first-order chi connectivity index (χ1) is 13.6. The number of carbonyl (C=O) groups excluding carboxylic acids is 1. The first-order valence-electron chi connectivity index (χ1n) is 9.55. The van der Waals surface area contributed by atoms with E-state index in [9.17, 15) is 4.79 Å². The number of hydrogen-bond acceptors (Lipinski definition) is 6. The molecule has 0 aromatic carbocycles. The zero-order chi connectivity index (χ0) is 19.5. The fourth-order valence-electron chi connectivity index (χ4n) is 3.77. The molecule has 144 valence electrons. The highest BCUT2D eigenvalue weighted by Gasteiger charge is 2.26. The molecule has 1 amide bonds. The summed E-state index contributed by atoms with van der Waals surface area (Å²) in [6.45, 7) is 5.02. The molecule has 1 unspecified atom stereocenters. The maximum atomic E-state index is 13.0. The summed E-state index contributed by atoms with van der Waals surface area (Å²) >= 11 is 0. The van der Waals surface area contributed by atoms with Crippen LogP contribution < -0.4 is 0 Å². The highest BCUT2D eigenvalue weighted by Crippen LogP contribution is 2.20. The van der Waals surface area contributed by atoms with Crippen LogP contribution in [0.5, 0.6) is 0 Å². The number of fused-ring (bicyclic) bond motifs is 1. The fraction of sp³-hybridized carbons (Fsp3) is 0.381. The van der Waals surface area contributed by atoms with Crippen molar-refractivity contribution in [3.8, 4) is 0 Å². The van der Waals surface area contributed by atoms with Crippen LogP contribution in [0.2, 0.25) is 0 Å². The number of aryl methyl sites for hydroxylation is 1. The van der Waals surface area contributed by atoms with Crippen LogP contribution in [0.4, 0.5) is 0 Å². The zero-order valence-corrected chi connectivity index (χ0v) is 16.2. The van der Waals surface area contributed by atoms with Gasteiger partial charge >= 0.3 is 0 Å². The van der Waals surface area contributed by atoms with Gasteiger partial charge in [-0.15, -0.1) is 0 Å². The van der Waals surface area contributed by atoms with E-state index in [1.54, 1.807) is 18.6 Å². The molecule has 1 saturated heterocycles. The topological polar surface area (TPSA) is 75.1 Å². The standard InChI is InChI=1S/C21H24N6O/c1-15-11-25-19(12-24-15)21(28)27-9-8-26(2)13-16(14-27)10-17-5-7-22-18-4-3-6-23-20(17)18/h3-7,11-12,16H,8-10,13-14H2,1-2H3. The van der Waals surface area contributed by atoms with Crippen LogP contribution in [0, 0.1) is 12.8 Å². The average molecular weight is 376 g/mol. The van der Waals surface area contributed by atoms with Crippen LogP contribution >= 0.6 is 0 Å². The van der Waals surface area contributed by atoms with E-state index in [4.69, 9.17) is 0 Å². The van der Waals surface area contributed by atoms with Crippen molar-refractivity contribution in [2.75, 3.05) is 33.2 Å². The Bertz CT molecular complexity index is 969. The normalized spacial score (nSPS) is 18.2. The van der Waals surface area contributed by atoms with Crippen LogP contribution in [-0.4, -0.2) is 68.9 Å². The Morgan fingerprint density at radius 2 is 1.96 bits per heavy atom. The Morgan fingerprint density at radius 3 is 2.79 bits per heavy atom. The highest BCUT2D eigenvalue weighted by atomic mass is 16.2. The van der Waals surface area contributed by atoms with Gasteiger partial charge in [-0.1, -0.05) is 0 Å². The van der Waals surface area contributed by atoms with Crippen LogP contribution in [0.15, 0.2) is 43.0 Å². The minimum Gasteiger partial charge on any atom is -0.336 e. The summed E-state index contributed by atoms with van der Waals surface area (Å²) in [4.78, 5) is 34.6. The second-order valence-electron chi connectivity index (χ2n) is 7.47. The lowest BCUT2D eigenvalue weighted by Crippen LogP contribution is -2.37. The maximum Gasteiger partial charge on any atom is 0.274 e. The molecule has 0 spiro atoms. The van der Waals surface area contributed by atoms with Gasteiger partial charge in [0.15, 0.2) is 0 Å². The number of pyridine rings is 2. The van der Waals surface area contributed by atoms with E-state index in [2.05, 4.69) is 31.9 Å². The number of rotatable bonds is 3. The third-order valence-corrected chi connectivity index (χ3v) is 5.18. The van der Waals surface area contributed by atoms with E-state index in [1.807, 2.05) is 36.2 Å². The molecule has 1 atom stereocenters. The maximum absolute atomic E-state index is 13.0. The molecular weight excluding hydrogens is 352 g/mol. The summed E-state index contributed by atoms with van der Waals surface area (Å²) in [5.41, 5.74) is 4.24. The van der Waals surface area contributed by atoms with Crippen molar-refractivity contribution < 1.29 is 4.79 Å². The van der Waals surface area contributed by atoms with Gasteiger partial charge in [0, 0.05) is 44.8 Å². The SMILES string of the molecule is Cc1cnc(C(=O)N2CCN(C)CC(Cc3ccnc4cccnc34)C2)cn1. The third kappa shape index (κ3) is 3.99. The second-order valence-corrected chi connectivity index (χ2v) is 7.47. The Morgan fingerprint density at radius 1 is 1.07 bits per heavy atom. The van der Waals surface area contributed by atoms with E-state index < -0.39 is 0 Å². The van der Waals surface area contributed by atoms with E-state index in [1.165, 1.54) is 5.56 Å². The zero-order valence-electron chi connectivity index (χ0n) is 16.2. The van der Waals surface area contributed by atoms with Gasteiger partial charge in [0.05, 0.1) is 22.9 Å². The number of hydrogen-bond donors (Lipinski definition) is 0. The van der Waals surface area contributed by atoms with E-state index in [-0.39, 0.29) is 5.91 Å². The molecule has 28 heavy (non-hydrogen) atoms. The molecule has 1 aliphatic rings. The number of likely N-dealkylation sites (N-methyl/N-ethyl adjacent to an activating group) is 1. The number of carbonyl (C=O) groups is 1. The van der Waals surface area contributed by atoms with Gasteiger partial charge in [-0.2, -0.15) is 0 Å². The molecule has 4 rings (SSSR count). The summed E-state index contributed by atoms with van der Waals surface area (Å²) in [7, 11) is 2.11. The van der Waals surface area contributed by atoms with Gasteiger partial charge in [0.2, 0.25) is 0 Å². The molecule has 0 aliphatic carbocycles. The number of aromatic nitrogens is 4. The lowest BCUT2D eigenvalue weighted by molar-refractivity contribution is 0.0740. The third-order valence-electron chi connectivity index (χ3n) is 5.18. The van der Waals surface area contributed by atoms with Crippen molar-refractivity contribution in [3.63, 3.8) is 0 Å². The minimum absolute atomic E-state index is 0.0505. The largest absolute Gasteiger partial charge is 0.336 e. The molecule has 4 heterocycles. The van der Waals surface area contributed by atoms with Crippen molar-refractivity contribution in [2.45, 2.75) is 13.3 Å². The quantitative estimate of drug-likeness (QED) is 0.696. The molecule has 1 fully saturated rings. The van der Waals surface area contributed by atoms with Crippen LogP contribution in [0.3, 0.4) is 0 Å². The van der Waals surface area contributed by atoms with Crippen molar-refractivity contribution in [3.05, 3.63) is 59.9 Å². The molecule has 7 heteroatoms. The number of amides is 1. The lowest BCUT2D eigenvalue weighted by Gasteiger charge is -2.24. The van der Waals surface area contributed by atoms with Gasteiger partial charge in [0.1, 0.15) is 5.69 Å². The summed E-state index contributed by atoms with van der Waals surface area (Å²) in [5.74, 6) is 0.257. The molecule has 7 nitrogen and oxygen atoms in total. The van der Waals surface area contributed by atoms with Gasteiger partial charge in [-0.05, 0) is 50.1 Å². The van der Waals surface area contributed by atoms with Crippen molar-refractivity contribution >= 4 is 16.9 Å². The smallest absolute Gasteiger partial charge is 0.274 e. The predicted octanol–water partition coefficient (Wildman–Crippen LogP) is 1.97. The molecule has 0 saturated carbocycles. The van der Waals surface area contributed by atoms with Gasteiger partial charge in [-0.25, -0.2) is 4.98 Å². The molecule has 0 radical (unpaired) electrons. The Labute approximate surface area is 164 Å². The Balaban J connectivity index is 1.56. The number of nitrogens with zero attached hydrogens (tertiary/aromatic N) is 6. The predicted molar refractivity (Wildman–Crippen MR) is 107 cm³/mol. The monoisotopic (exact) mass is 376 g/mol. The van der Waals surface area contributed by atoms with Crippen LogP contribution in [0.1, 0.15) is 21.7 Å². The molecule has 0 bridgehead atoms. The van der Waals surface area contributed by atoms with Crippen LogP contribution in [0.25, 0.3) is 11.0 Å². The summed E-state index contributed by atoms with van der Waals surface area (Å²) < 4.78 is 0. The van der Waals surface area contributed by atoms with Gasteiger partial charge in [-0.3, -0.25) is 19.7 Å². The minimum atomic E-state index is -0.0505. The molecular formula is C21H24N6O. The first-order valence-corrected chi connectivity index (χ1v) is 9.55. The van der Waals surface area contributed by atoms with E-state index >= 15 is 0 Å². The Kier molecular flexibility index (Phi) is 5.25. The van der Waals surface area contributed by atoms with Crippen molar-refractivity contribution in [1.29, 1.82) is 0 Å². The molecule has 0 N–H and O–H groups in total.